The lowest BCUT2D eigenvalue weighted by Gasteiger charge is -2.49. The number of fused-ring (bicyclic) bond motifs is 1. The normalized spacial score (nSPS) is 21.5. The van der Waals surface area contributed by atoms with Crippen LogP contribution in [-0.4, -0.2) is 84.8 Å². The number of hydrogen-bond donors (Lipinski definition) is 4. The van der Waals surface area contributed by atoms with Gasteiger partial charge in [-0.1, -0.05) is 5.16 Å². The van der Waals surface area contributed by atoms with Gasteiger partial charge in [0.2, 0.25) is 6.10 Å². The number of nitrogens with two attached hydrogens (primary N) is 1. The SMILES string of the molecule is CSCC1=C(C(=O)O)N2C(=O)C(NC(=O)C(=NOC(C)C(=O)O)c3csc(N)n3)[C@@H]2SC1. The molecule has 172 valence electrons. The third-order valence-corrected chi connectivity index (χ3v) is 7.14. The summed E-state index contributed by atoms with van der Waals surface area (Å²) >= 11 is 3.83. The Balaban J connectivity index is 1.80. The Kier molecular flexibility index (Phi) is 7.30. The molecule has 0 spiro atoms. The van der Waals surface area contributed by atoms with Crippen LogP contribution in [0.15, 0.2) is 21.8 Å². The summed E-state index contributed by atoms with van der Waals surface area (Å²) in [6.45, 7) is 1.23. The highest BCUT2D eigenvalue weighted by molar-refractivity contribution is 8.00. The maximum atomic E-state index is 12.9. The second kappa shape index (κ2) is 9.79. The third-order valence-electron chi connectivity index (χ3n) is 4.48. The lowest BCUT2D eigenvalue weighted by atomic mass is 10.0. The monoisotopic (exact) mass is 501 g/mol. The van der Waals surface area contributed by atoms with Crippen molar-refractivity contribution in [1.82, 2.24) is 15.2 Å². The number of nitrogens with zero attached hydrogens (tertiary/aromatic N) is 3. The maximum Gasteiger partial charge on any atom is 0.352 e. The Morgan fingerprint density at radius 3 is 2.75 bits per heavy atom. The van der Waals surface area contributed by atoms with Crippen LogP contribution < -0.4 is 11.1 Å². The topological polar surface area (TPSA) is 185 Å². The zero-order chi connectivity index (χ0) is 23.6. The van der Waals surface area contributed by atoms with Crippen molar-refractivity contribution in [3.05, 3.63) is 22.3 Å². The summed E-state index contributed by atoms with van der Waals surface area (Å²) in [5, 5.41) is 25.7. The number of hydrogen-bond acceptors (Lipinski definition) is 11. The molecule has 0 aliphatic carbocycles. The molecule has 0 aromatic carbocycles. The largest absolute Gasteiger partial charge is 0.478 e. The summed E-state index contributed by atoms with van der Waals surface area (Å²) in [5.41, 5.74) is 5.89. The van der Waals surface area contributed by atoms with E-state index in [-0.39, 0.29) is 22.2 Å². The first kappa shape index (κ1) is 23.9. The number of carbonyl (C=O) groups is 4. The maximum absolute atomic E-state index is 12.9. The molecule has 3 rings (SSSR count). The van der Waals surface area contributed by atoms with E-state index < -0.39 is 41.3 Å². The molecule has 2 aliphatic rings. The van der Waals surface area contributed by atoms with Crippen LogP contribution in [0.5, 0.6) is 0 Å². The van der Waals surface area contributed by atoms with E-state index in [4.69, 9.17) is 15.7 Å². The number of oxime groups is 1. The van der Waals surface area contributed by atoms with Crippen LogP contribution in [0, 0.1) is 0 Å². The lowest BCUT2D eigenvalue weighted by molar-refractivity contribution is -0.150. The van der Waals surface area contributed by atoms with Crippen molar-refractivity contribution >= 4 is 69.5 Å². The second-order valence-electron chi connectivity index (χ2n) is 6.65. The summed E-state index contributed by atoms with van der Waals surface area (Å²) in [4.78, 5) is 58.3. The van der Waals surface area contributed by atoms with Crippen LogP contribution >= 0.6 is 34.9 Å². The van der Waals surface area contributed by atoms with Crippen molar-refractivity contribution in [3.8, 4) is 0 Å². The van der Waals surface area contributed by atoms with E-state index in [1.165, 1.54) is 40.7 Å². The van der Waals surface area contributed by atoms with Crippen molar-refractivity contribution in [1.29, 1.82) is 0 Å². The smallest absolute Gasteiger partial charge is 0.352 e. The van der Waals surface area contributed by atoms with Crippen LogP contribution in [0.2, 0.25) is 0 Å². The molecule has 12 nitrogen and oxygen atoms in total. The molecule has 2 amide bonds. The fraction of sp³-hybridized carbons (Fsp3) is 0.412. The molecule has 1 saturated heterocycles. The van der Waals surface area contributed by atoms with Gasteiger partial charge in [0.25, 0.3) is 11.8 Å². The average Bonchev–Trinajstić information content (AvgIpc) is 3.17. The number of carboxylic acids is 2. The Morgan fingerprint density at radius 2 is 2.19 bits per heavy atom. The predicted octanol–water partition coefficient (Wildman–Crippen LogP) is 0.0207. The van der Waals surface area contributed by atoms with Crippen molar-refractivity contribution in [2.45, 2.75) is 24.4 Å². The molecule has 3 heterocycles. The van der Waals surface area contributed by atoms with Gasteiger partial charge < -0.3 is 26.1 Å². The van der Waals surface area contributed by atoms with Gasteiger partial charge in [0, 0.05) is 16.9 Å². The number of nitrogens with one attached hydrogen (secondary N) is 1. The lowest BCUT2D eigenvalue weighted by Crippen LogP contribution is -2.71. The second-order valence-corrected chi connectivity index (χ2v) is 9.51. The molecule has 5 N–H and O–H groups in total. The number of amides is 2. The molecule has 32 heavy (non-hydrogen) atoms. The van der Waals surface area contributed by atoms with Gasteiger partial charge in [-0.2, -0.15) is 11.8 Å². The highest BCUT2D eigenvalue weighted by Crippen LogP contribution is 2.40. The number of carbonyl (C=O) groups excluding carboxylic acids is 2. The first-order valence-corrected chi connectivity index (χ1v) is 12.4. The molecule has 2 aliphatic heterocycles. The van der Waals surface area contributed by atoms with Crippen molar-refractivity contribution in [2.24, 2.45) is 5.16 Å². The molecular formula is C17H19N5O7S3. The first-order chi connectivity index (χ1) is 15.1. The summed E-state index contributed by atoms with van der Waals surface area (Å²) in [6.07, 6.45) is 0.505. The zero-order valence-electron chi connectivity index (χ0n) is 16.8. The molecule has 0 radical (unpaired) electrons. The first-order valence-electron chi connectivity index (χ1n) is 9.03. The number of anilines is 1. The Bertz CT molecular complexity index is 1020. The Morgan fingerprint density at radius 1 is 1.47 bits per heavy atom. The van der Waals surface area contributed by atoms with E-state index in [0.717, 1.165) is 11.3 Å². The number of carboxylic acid groups (broad SMARTS) is 2. The predicted molar refractivity (Wildman–Crippen MR) is 119 cm³/mol. The average molecular weight is 502 g/mol. The summed E-state index contributed by atoms with van der Waals surface area (Å²) in [5.74, 6) is -3.00. The van der Waals surface area contributed by atoms with Crippen LogP contribution in [0.4, 0.5) is 5.13 Å². The van der Waals surface area contributed by atoms with Gasteiger partial charge in [0.05, 0.1) is 0 Å². The van der Waals surface area contributed by atoms with E-state index in [9.17, 15) is 24.3 Å². The van der Waals surface area contributed by atoms with Crippen LogP contribution in [0.25, 0.3) is 0 Å². The van der Waals surface area contributed by atoms with Crippen LogP contribution in [0.3, 0.4) is 0 Å². The summed E-state index contributed by atoms with van der Waals surface area (Å²) in [7, 11) is 0. The molecule has 1 aromatic rings. The zero-order valence-corrected chi connectivity index (χ0v) is 19.3. The highest BCUT2D eigenvalue weighted by Gasteiger charge is 2.54. The highest BCUT2D eigenvalue weighted by atomic mass is 32.2. The number of aromatic nitrogens is 1. The number of aliphatic carboxylic acids is 2. The van der Waals surface area contributed by atoms with Gasteiger partial charge in [-0.05, 0) is 18.8 Å². The quantitative estimate of drug-likeness (QED) is 0.203. The van der Waals surface area contributed by atoms with Crippen molar-refractivity contribution in [3.63, 3.8) is 0 Å². The third kappa shape index (κ3) is 4.68. The molecule has 15 heteroatoms. The van der Waals surface area contributed by atoms with Crippen molar-refractivity contribution in [2.75, 3.05) is 23.5 Å². The summed E-state index contributed by atoms with van der Waals surface area (Å²) in [6, 6.07) is -0.990. The van der Waals surface area contributed by atoms with E-state index >= 15 is 0 Å². The van der Waals surface area contributed by atoms with Gasteiger partial charge >= 0.3 is 11.9 Å². The van der Waals surface area contributed by atoms with Crippen LogP contribution in [0.1, 0.15) is 12.6 Å². The van der Waals surface area contributed by atoms with E-state index in [0.29, 0.717) is 17.1 Å². The van der Waals surface area contributed by atoms with E-state index in [2.05, 4.69) is 15.5 Å². The fourth-order valence-corrected chi connectivity index (χ4v) is 5.57. The van der Waals surface area contributed by atoms with Gasteiger partial charge in [0.15, 0.2) is 10.8 Å². The van der Waals surface area contributed by atoms with Crippen molar-refractivity contribution < 1.29 is 34.2 Å². The molecule has 0 saturated carbocycles. The number of nitrogen functional groups attached to an aromatic ring is 1. The molecule has 1 aromatic heterocycles. The standard InChI is InChI=1S/C17H19N5O7S3/c1-6(15(25)26)29-21-9(8-5-32-17(18)19-8)12(23)20-10-13(24)22-11(16(27)28)7(3-30-2)4-31-14(10)22/h5-6,10,14H,3-4H2,1-2H3,(H2,18,19)(H,20,23)(H,25,26)(H,27,28)/t6?,10?,14-/m0/s1. The number of rotatable bonds is 9. The van der Waals surface area contributed by atoms with Gasteiger partial charge in [0.1, 0.15) is 22.8 Å². The van der Waals surface area contributed by atoms with E-state index in [1.807, 2.05) is 6.26 Å². The van der Waals surface area contributed by atoms with Crippen LogP contribution in [-0.2, 0) is 24.0 Å². The number of β-lactam (4-membered cyclic amide) rings is 1. The minimum absolute atomic E-state index is 0.0518. The van der Waals surface area contributed by atoms with Gasteiger partial charge in [-0.25, -0.2) is 14.6 Å². The Hall–Kier alpha value is -2.78. The summed E-state index contributed by atoms with van der Waals surface area (Å²) < 4.78 is 0. The fourth-order valence-electron chi connectivity index (χ4n) is 2.96. The molecule has 3 atom stereocenters. The van der Waals surface area contributed by atoms with Gasteiger partial charge in [-0.15, -0.1) is 23.1 Å². The Labute approximate surface area is 194 Å². The van der Waals surface area contributed by atoms with E-state index in [1.54, 1.807) is 0 Å². The minimum atomic E-state index is -1.33. The minimum Gasteiger partial charge on any atom is -0.478 e. The molecule has 1 fully saturated rings. The molecular weight excluding hydrogens is 482 g/mol. The molecule has 0 bridgehead atoms. The van der Waals surface area contributed by atoms with Gasteiger partial charge in [-0.3, -0.25) is 14.5 Å². The molecule has 2 unspecified atom stereocenters. The number of thioether (sulfide) groups is 2. The number of thiazole rings is 1.